The Hall–Kier alpha value is -4.66. The van der Waals surface area contributed by atoms with Crippen LogP contribution >= 0.6 is 0 Å². The maximum Gasteiger partial charge on any atom is 0.257 e. The summed E-state index contributed by atoms with van der Waals surface area (Å²) in [5.74, 6) is 1.14. The van der Waals surface area contributed by atoms with Crippen LogP contribution in [0.2, 0.25) is 0 Å². The van der Waals surface area contributed by atoms with Crippen LogP contribution in [-0.2, 0) is 6.42 Å². The van der Waals surface area contributed by atoms with Gasteiger partial charge >= 0.3 is 0 Å². The van der Waals surface area contributed by atoms with Crippen LogP contribution in [0.15, 0.2) is 76.4 Å². The van der Waals surface area contributed by atoms with Crippen LogP contribution in [0.1, 0.15) is 21.7 Å². The van der Waals surface area contributed by atoms with Crippen molar-refractivity contribution in [3.8, 4) is 5.75 Å². The van der Waals surface area contributed by atoms with Gasteiger partial charge in [0, 0.05) is 6.54 Å². The van der Waals surface area contributed by atoms with Crippen LogP contribution in [0.5, 0.6) is 5.75 Å². The molecule has 3 N–H and O–H groups in total. The molecule has 0 unspecified atom stereocenters. The number of aromatic nitrogens is 3. The van der Waals surface area contributed by atoms with Crippen molar-refractivity contribution >= 4 is 40.1 Å². The van der Waals surface area contributed by atoms with Crippen LogP contribution in [0.3, 0.4) is 0 Å². The zero-order valence-corrected chi connectivity index (χ0v) is 18.4. The minimum absolute atomic E-state index is 0.148. The molecule has 0 bridgehead atoms. The number of nitrogens with one attached hydrogen (secondary N) is 1. The van der Waals surface area contributed by atoms with E-state index in [4.69, 9.17) is 14.9 Å². The summed E-state index contributed by atoms with van der Waals surface area (Å²) in [6.07, 6.45) is 3.71. The monoisotopic (exact) mass is 454 g/mol. The van der Waals surface area contributed by atoms with Gasteiger partial charge in [0.25, 0.3) is 5.91 Å². The summed E-state index contributed by atoms with van der Waals surface area (Å²) >= 11 is 0. The van der Waals surface area contributed by atoms with E-state index in [2.05, 4.69) is 20.4 Å². The van der Waals surface area contributed by atoms with E-state index < -0.39 is 0 Å². The highest BCUT2D eigenvalue weighted by atomic mass is 16.5. The first-order chi connectivity index (χ1) is 16.6. The summed E-state index contributed by atoms with van der Waals surface area (Å²) < 4.78 is 11.9. The number of furan rings is 1. The Bertz CT molecular complexity index is 1490. The first kappa shape index (κ1) is 21.2. The Morgan fingerprint density at radius 2 is 1.88 bits per heavy atom. The second-order valence-electron chi connectivity index (χ2n) is 7.57. The smallest absolute Gasteiger partial charge is 0.257 e. The number of carbonyl (C=O) groups excluding carboxylic acids is 1. The number of nitrogens with zero attached hydrogens (tertiary/aromatic N) is 4. The van der Waals surface area contributed by atoms with Crippen molar-refractivity contribution < 1.29 is 13.9 Å². The van der Waals surface area contributed by atoms with Gasteiger partial charge in [0.1, 0.15) is 28.4 Å². The number of fused-ring (bicyclic) bond motifs is 2. The lowest BCUT2D eigenvalue weighted by Gasteiger charge is -2.06. The first-order valence-electron chi connectivity index (χ1n) is 10.7. The number of nitrogen functional groups attached to an aromatic ring is 1. The molecule has 3 aromatic heterocycles. The maximum atomic E-state index is 13.2. The van der Waals surface area contributed by atoms with E-state index in [0.29, 0.717) is 40.9 Å². The highest BCUT2D eigenvalue weighted by molar-refractivity contribution is 6.10. The lowest BCUT2D eigenvalue weighted by atomic mass is 10.1. The summed E-state index contributed by atoms with van der Waals surface area (Å²) in [4.78, 5) is 22.5. The molecule has 0 fully saturated rings. The molecule has 0 saturated carbocycles. The van der Waals surface area contributed by atoms with Crippen LogP contribution in [0, 0.1) is 0 Å². The molecule has 5 aromatic rings. The number of para-hydroxylation sites is 2. The number of amides is 1. The highest BCUT2D eigenvalue weighted by Gasteiger charge is 2.24. The summed E-state index contributed by atoms with van der Waals surface area (Å²) in [6.45, 7) is 0.425. The van der Waals surface area contributed by atoms with Crippen molar-refractivity contribution in [3.63, 3.8) is 0 Å². The molecule has 0 spiro atoms. The number of hydrogen-bond acceptors (Lipinski definition) is 7. The van der Waals surface area contributed by atoms with Gasteiger partial charge < -0.3 is 20.2 Å². The van der Waals surface area contributed by atoms with Crippen molar-refractivity contribution in [2.24, 2.45) is 5.10 Å². The van der Waals surface area contributed by atoms with E-state index in [9.17, 15) is 4.79 Å². The predicted molar refractivity (Wildman–Crippen MR) is 130 cm³/mol. The zero-order valence-electron chi connectivity index (χ0n) is 18.4. The van der Waals surface area contributed by atoms with Crippen LogP contribution in [0.25, 0.3) is 22.2 Å². The Morgan fingerprint density at radius 3 is 2.59 bits per heavy atom. The molecule has 0 aliphatic heterocycles. The van der Waals surface area contributed by atoms with Gasteiger partial charge in [0.05, 0.1) is 30.6 Å². The van der Waals surface area contributed by atoms with Crippen LogP contribution < -0.4 is 15.8 Å². The zero-order chi connectivity index (χ0) is 23.5. The molecular weight excluding hydrogens is 432 g/mol. The molecule has 0 atom stereocenters. The van der Waals surface area contributed by atoms with Crippen molar-refractivity contribution in [3.05, 3.63) is 83.8 Å². The molecule has 0 aliphatic carbocycles. The van der Waals surface area contributed by atoms with Gasteiger partial charge in [0.2, 0.25) is 0 Å². The van der Waals surface area contributed by atoms with E-state index in [1.807, 2.05) is 48.5 Å². The van der Waals surface area contributed by atoms with E-state index in [1.54, 1.807) is 25.5 Å². The van der Waals surface area contributed by atoms with Gasteiger partial charge in [-0.05, 0) is 48.4 Å². The average molecular weight is 454 g/mol. The second-order valence-corrected chi connectivity index (χ2v) is 7.57. The number of anilines is 1. The number of nitrogens with two attached hydrogens (primary N) is 1. The molecule has 3 heterocycles. The third kappa shape index (κ3) is 4.06. The van der Waals surface area contributed by atoms with E-state index in [1.165, 1.54) is 10.9 Å². The fourth-order valence-electron chi connectivity index (χ4n) is 3.67. The first-order valence-corrected chi connectivity index (χ1v) is 10.7. The van der Waals surface area contributed by atoms with E-state index in [0.717, 1.165) is 11.3 Å². The molecule has 1 amide bonds. The molecular formula is C25H22N6O3. The third-order valence-corrected chi connectivity index (χ3v) is 5.40. The molecule has 2 aromatic carbocycles. The maximum absolute atomic E-state index is 13.2. The molecule has 9 heteroatoms. The van der Waals surface area contributed by atoms with Crippen LogP contribution in [0.4, 0.5) is 5.82 Å². The molecule has 5 rings (SSSR count). The number of benzene rings is 2. The van der Waals surface area contributed by atoms with E-state index in [-0.39, 0.29) is 17.3 Å². The number of ether oxygens (including phenoxy) is 1. The lowest BCUT2D eigenvalue weighted by molar-refractivity contribution is 0.0956. The van der Waals surface area contributed by atoms with Crippen molar-refractivity contribution in [1.82, 2.24) is 20.0 Å². The Labute approximate surface area is 194 Å². The molecule has 0 radical (unpaired) electrons. The second kappa shape index (κ2) is 9.07. The molecule has 9 nitrogen and oxygen atoms in total. The Morgan fingerprint density at radius 1 is 1.12 bits per heavy atom. The molecule has 0 saturated heterocycles. The number of hydrogen-bond donors (Lipinski definition) is 2. The molecule has 170 valence electrons. The standard InChI is InChI=1S/C25H22N6O3/c1-33-17-10-8-16(9-11-17)12-13-27-25(32)21-22-24(30-20-7-3-2-6-19(20)29-22)31(23(21)26)28-15-18-5-4-14-34-18/h2-11,14-15H,12-13,26H2,1H3,(H,27,32)/b28-15+. The summed E-state index contributed by atoms with van der Waals surface area (Å²) in [6, 6.07) is 18.7. The number of carbonyl (C=O) groups is 1. The summed E-state index contributed by atoms with van der Waals surface area (Å²) in [7, 11) is 1.63. The van der Waals surface area contributed by atoms with Crippen molar-refractivity contribution in [2.45, 2.75) is 6.42 Å². The van der Waals surface area contributed by atoms with Crippen LogP contribution in [-0.4, -0.2) is 40.4 Å². The van der Waals surface area contributed by atoms with Gasteiger partial charge in [-0.2, -0.15) is 9.78 Å². The van der Waals surface area contributed by atoms with Gasteiger partial charge in [-0.15, -0.1) is 0 Å². The molecule has 34 heavy (non-hydrogen) atoms. The van der Waals surface area contributed by atoms with Crippen molar-refractivity contribution in [1.29, 1.82) is 0 Å². The summed E-state index contributed by atoms with van der Waals surface area (Å²) in [5.41, 5.74) is 9.82. The predicted octanol–water partition coefficient (Wildman–Crippen LogP) is 3.62. The largest absolute Gasteiger partial charge is 0.497 e. The van der Waals surface area contributed by atoms with Gasteiger partial charge in [-0.3, -0.25) is 4.79 Å². The Kier molecular flexibility index (Phi) is 5.65. The summed E-state index contributed by atoms with van der Waals surface area (Å²) in [5, 5.41) is 7.35. The number of methoxy groups -OCH3 is 1. The number of rotatable bonds is 7. The minimum atomic E-state index is -0.340. The highest BCUT2D eigenvalue weighted by Crippen LogP contribution is 2.27. The quantitative estimate of drug-likeness (QED) is 0.362. The third-order valence-electron chi connectivity index (χ3n) is 5.40. The SMILES string of the molecule is COc1ccc(CCNC(=O)c2c(N)n(/N=C/c3ccco3)c3nc4ccccc4nc23)cc1. The lowest BCUT2D eigenvalue weighted by Crippen LogP contribution is -2.26. The van der Waals surface area contributed by atoms with Gasteiger partial charge in [0.15, 0.2) is 5.65 Å². The van der Waals surface area contributed by atoms with Gasteiger partial charge in [-0.25, -0.2) is 9.97 Å². The fourth-order valence-corrected chi connectivity index (χ4v) is 3.67. The average Bonchev–Trinajstić information content (AvgIpc) is 3.47. The molecule has 0 aliphatic rings. The topological polar surface area (TPSA) is 121 Å². The Balaban J connectivity index is 1.47. The van der Waals surface area contributed by atoms with E-state index >= 15 is 0 Å². The van der Waals surface area contributed by atoms with Gasteiger partial charge in [-0.1, -0.05) is 24.3 Å². The minimum Gasteiger partial charge on any atom is -0.497 e. The van der Waals surface area contributed by atoms with Crippen molar-refractivity contribution in [2.75, 3.05) is 19.4 Å². The fraction of sp³-hybridized carbons (Fsp3) is 0.120. The normalized spacial score (nSPS) is 11.4.